The molecular weight excluding hydrogens is 366 g/mol. The van der Waals surface area contributed by atoms with Crippen molar-refractivity contribution in [3.63, 3.8) is 0 Å². The van der Waals surface area contributed by atoms with E-state index in [-0.39, 0.29) is 6.04 Å². The van der Waals surface area contributed by atoms with Crippen LogP contribution in [0.1, 0.15) is 23.7 Å². The highest BCUT2D eigenvalue weighted by atomic mass is 15.5. The van der Waals surface area contributed by atoms with Crippen LogP contribution in [-0.4, -0.2) is 10.7 Å². The zero-order chi connectivity index (χ0) is 19.9. The van der Waals surface area contributed by atoms with Crippen molar-refractivity contribution >= 4 is 33.1 Å². The minimum absolute atomic E-state index is 0.140. The summed E-state index contributed by atoms with van der Waals surface area (Å²) < 4.78 is 0. The standard InChI is InChI=1S/C27H21N3/c1-2-11-23(12-3-1)30-27(26-17-21-10-6-7-13-24(21)28-26)18-25(29-30)22-15-14-19-8-4-5-9-20(19)16-22/h1-17,27-28H,18H2. The van der Waals surface area contributed by atoms with Crippen molar-refractivity contribution in [2.45, 2.75) is 12.5 Å². The molecule has 144 valence electrons. The van der Waals surface area contributed by atoms with Crippen molar-refractivity contribution < 1.29 is 0 Å². The van der Waals surface area contributed by atoms with Crippen LogP contribution in [0.4, 0.5) is 5.69 Å². The first kappa shape index (κ1) is 17.0. The number of anilines is 1. The lowest BCUT2D eigenvalue weighted by molar-refractivity contribution is 0.692. The molecule has 5 aromatic rings. The average Bonchev–Trinajstić information content (AvgIpc) is 3.44. The number of nitrogens with one attached hydrogen (secondary N) is 1. The first-order valence-corrected chi connectivity index (χ1v) is 10.3. The molecule has 30 heavy (non-hydrogen) atoms. The zero-order valence-electron chi connectivity index (χ0n) is 16.5. The molecule has 0 spiro atoms. The predicted octanol–water partition coefficient (Wildman–Crippen LogP) is 6.68. The van der Waals surface area contributed by atoms with E-state index in [1.54, 1.807) is 0 Å². The van der Waals surface area contributed by atoms with Crippen molar-refractivity contribution in [1.82, 2.24) is 4.98 Å². The number of H-pyrrole nitrogens is 1. The molecule has 0 saturated heterocycles. The number of benzene rings is 4. The van der Waals surface area contributed by atoms with E-state index in [0.717, 1.165) is 17.8 Å². The molecule has 2 heterocycles. The fraction of sp³-hybridized carbons (Fsp3) is 0.0741. The Bertz CT molecular complexity index is 1350. The molecule has 1 aliphatic rings. The van der Waals surface area contributed by atoms with Crippen LogP contribution in [0.5, 0.6) is 0 Å². The third-order valence-corrected chi connectivity index (χ3v) is 5.92. The third kappa shape index (κ3) is 2.87. The van der Waals surface area contributed by atoms with E-state index in [2.05, 4.69) is 107 Å². The molecular formula is C27H21N3. The second-order valence-corrected chi connectivity index (χ2v) is 7.82. The summed E-state index contributed by atoms with van der Waals surface area (Å²) in [4.78, 5) is 3.62. The van der Waals surface area contributed by atoms with Crippen LogP contribution in [0.2, 0.25) is 0 Å². The van der Waals surface area contributed by atoms with Crippen LogP contribution in [-0.2, 0) is 0 Å². The van der Waals surface area contributed by atoms with Crippen molar-refractivity contribution in [2.75, 3.05) is 5.01 Å². The lowest BCUT2D eigenvalue weighted by Gasteiger charge is -2.22. The number of hydrogen-bond donors (Lipinski definition) is 1. The van der Waals surface area contributed by atoms with E-state index in [1.807, 2.05) is 6.07 Å². The Hall–Kier alpha value is -3.85. The number of hydrogen-bond acceptors (Lipinski definition) is 2. The summed E-state index contributed by atoms with van der Waals surface area (Å²) in [7, 11) is 0. The van der Waals surface area contributed by atoms with Gasteiger partial charge in [0.2, 0.25) is 0 Å². The normalized spacial score (nSPS) is 16.3. The topological polar surface area (TPSA) is 31.4 Å². The van der Waals surface area contributed by atoms with Gasteiger partial charge in [-0.3, -0.25) is 5.01 Å². The maximum absolute atomic E-state index is 5.09. The zero-order valence-corrected chi connectivity index (χ0v) is 16.5. The third-order valence-electron chi connectivity index (χ3n) is 5.92. The largest absolute Gasteiger partial charge is 0.357 e. The molecule has 0 fully saturated rings. The van der Waals surface area contributed by atoms with Crippen LogP contribution in [0.3, 0.4) is 0 Å². The molecule has 4 aromatic carbocycles. The second-order valence-electron chi connectivity index (χ2n) is 7.82. The molecule has 1 aromatic heterocycles. The Kier molecular flexibility index (Phi) is 3.91. The van der Waals surface area contributed by atoms with Gasteiger partial charge in [-0.25, -0.2) is 0 Å². The minimum Gasteiger partial charge on any atom is -0.357 e. The van der Waals surface area contributed by atoms with E-state index in [0.29, 0.717) is 0 Å². The van der Waals surface area contributed by atoms with Crippen LogP contribution < -0.4 is 5.01 Å². The van der Waals surface area contributed by atoms with Gasteiger partial charge in [0.15, 0.2) is 0 Å². The summed E-state index contributed by atoms with van der Waals surface area (Å²) >= 11 is 0. The highest BCUT2D eigenvalue weighted by Crippen LogP contribution is 2.37. The lowest BCUT2D eigenvalue weighted by atomic mass is 9.99. The van der Waals surface area contributed by atoms with Crippen molar-refractivity contribution in [1.29, 1.82) is 0 Å². The Morgan fingerprint density at radius 1 is 0.700 bits per heavy atom. The fourth-order valence-corrected chi connectivity index (χ4v) is 4.39. The molecule has 1 aliphatic heterocycles. The maximum Gasteiger partial charge on any atom is 0.0980 e. The molecule has 0 bridgehead atoms. The molecule has 0 radical (unpaired) electrons. The summed E-state index contributed by atoms with van der Waals surface area (Å²) in [5, 5.41) is 11.0. The molecule has 6 rings (SSSR count). The van der Waals surface area contributed by atoms with Gasteiger partial charge in [-0.2, -0.15) is 5.10 Å². The summed E-state index contributed by atoms with van der Waals surface area (Å²) in [6.07, 6.45) is 0.861. The number of fused-ring (bicyclic) bond motifs is 2. The number of aromatic amines is 1. The quantitative estimate of drug-likeness (QED) is 0.368. The number of nitrogens with zero attached hydrogens (tertiary/aromatic N) is 2. The molecule has 0 aliphatic carbocycles. The number of rotatable bonds is 3. The van der Waals surface area contributed by atoms with Crippen molar-refractivity contribution in [2.24, 2.45) is 5.10 Å². The molecule has 1 unspecified atom stereocenters. The van der Waals surface area contributed by atoms with E-state index in [4.69, 9.17) is 5.10 Å². The average molecular weight is 387 g/mol. The van der Waals surface area contributed by atoms with Gasteiger partial charge < -0.3 is 4.98 Å². The number of aromatic nitrogens is 1. The van der Waals surface area contributed by atoms with Gasteiger partial charge in [-0.1, -0.05) is 72.8 Å². The molecule has 1 N–H and O–H groups in total. The molecule has 3 heteroatoms. The number of hydrazone groups is 1. The van der Waals surface area contributed by atoms with Gasteiger partial charge >= 0.3 is 0 Å². The highest BCUT2D eigenvalue weighted by Gasteiger charge is 2.31. The Morgan fingerprint density at radius 2 is 1.43 bits per heavy atom. The van der Waals surface area contributed by atoms with Crippen molar-refractivity contribution in [3.05, 3.63) is 114 Å². The summed E-state index contributed by atoms with van der Waals surface area (Å²) in [5.41, 5.74) is 5.78. The van der Waals surface area contributed by atoms with Crippen LogP contribution in [0, 0.1) is 0 Å². The minimum atomic E-state index is 0.140. The lowest BCUT2D eigenvalue weighted by Crippen LogP contribution is -2.18. The fourth-order valence-electron chi connectivity index (χ4n) is 4.39. The Morgan fingerprint density at radius 3 is 2.27 bits per heavy atom. The molecule has 3 nitrogen and oxygen atoms in total. The second kappa shape index (κ2) is 6.89. The van der Waals surface area contributed by atoms with Crippen molar-refractivity contribution in [3.8, 4) is 0 Å². The first-order valence-electron chi connectivity index (χ1n) is 10.3. The Labute approximate surface area is 175 Å². The van der Waals surface area contributed by atoms with Gasteiger partial charge in [-0.05, 0) is 52.1 Å². The monoisotopic (exact) mass is 387 g/mol. The summed E-state index contributed by atoms with van der Waals surface area (Å²) in [6.45, 7) is 0. The van der Waals surface area contributed by atoms with Crippen LogP contribution >= 0.6 is 0 Å². The van der Waals surface area contributed by atoms with Crippen LogP contribution in [0.25, 0.3) is 21.7 Å². The number of para-hydroxylation sites is 2. The molecule has 0 saturated carbocycles. The Balaban J connectivity index is 1.45. The predicted molar refractivity (Wildman–Crippen MR) is 125 cm³/mol. The van der Waals surface area contributed by atoms with Gasteiger partial charge in [0.05, 0.1) is 17.4 Å². The van der Waals surface area contributed by atoms with E-state index >= 15 is 0 Å². The SMILES string of the molecule is c1ccc(N2N=C(c3ccc4ccccc4c3)CC2c2cc3ccccc3[nH]2)cc1. The molecule has 1 atom stereocenters. The first-order chi connectivity index (χ1) is 14.8. The van der Waals surface area contributed by atoms with E-state index < -0.39 is 0 Å². The van der Waals surface area contributed by atoms with Gasteiger partial charge in [-0.15, -0.1) is 0 Å². The van der Waals surface area contributed by atoms with Gasteiger partial charge in [0.25, 0.3) is 0 Å². The smallest absolute Gasteiger partial charge is 0.0980 e. The van der Waals surface area contributed by atoms with E-state index in [9.17, 15) is 0 Å². The maximum atomic E-state index is 5.09. The van der Waals surface area contributed by atoms with E-state index in [1.165, 1.54) is 32.9 Å². The molecule has 0 amide bonds. The highest BCUT2D eigenvalue weighted by molar-refractivity contribution is 6.05. The summed E-state index contributed by atoms with van der Waals surface area (Å²) in [6, 6.07) is 36.4. The van der Waals surface area contributed by atoms with Gasteiger partial charge in [0, 0.05) is 17.6 Å². The summed E-state index contributed by atoms with van der Waals surface area (Å²) in [5.74, 6) is 0. The van der Waals surface area contributed by atoms with Gasteiger partial charge in [0.1, 0.15) is 0 Å². The van der Waals surface area contributed by atoms with Crippen LogP contribution in [0.15, 0.2) is 108 Å².